The predicted molar refractivity (Wildman–Crippen MR) is 118 cm³/mol. The van der Waals surface area contributed by atoms with Gasteiger partial charge in [-0.2, -0.15) is 0 Å². The zero-order valence-electron chi connectivity index (χ0n) is 17.6. The Morgan fingerprint density at radius 2 is 1.78 bits per heavy atom. The summed E-state index contributed by atoms with van der Waals surface area (Å²) in [6, 6.07) is 4.56. The second-order valence-corrected chi connectivity index (χ2v) is 10.4. The molecule has 0 aliphatic carbocycles. The van der Waals surface area contributed by atoms with E-state index < -0.39 is 46.9 Å². The fourth-order valence-electron chi connectivity index (χ4n) is 5.13. The van der Waals surface area contributed by atoms with Crippen LogP contribution in [0.4, 0.5) is 14.5 Å². The van der Waals surface area contributed by atoms with Crippen molar-refractivity contribution in [2.24, 2.45) is 5.41 Å². The molecule has 2 aromatic carbocycles. The largest absolute Gasteiger partial charge is 0.480 e. The van der Waals surface area contributed by atoms with Crippen molar-refractivity contribution in [1.82, 2.24) is 5.32 Å². The van der Waals surface area contributed by atoms with Gasteiger partial charge < -0.3 is 10.4 Å². The van der Waals surface area contributed by atoms with Crippen LogP contribution >= 0.6 is 23.2 Å². The number of hydrogen-bond donors (Lipinski definition) is 3. The Labute approximate surface area is 194 Å². The van der Waals surface area contributed by atoms with Crippen LogP contribution in [-0.4, -0.2) is 29.1 Å². The second kappa shape index (κ2) is 7.68. The van der Waals surface area contributed by atoms with Gasteiger partial charge >= 0.3 is 5.97 Å². The molecule has 1 fully saturated rings. The summed E-state index contributed by atoms with van der Waals surface area (Å²) >= 11 is 12.0. The monoisotopic (exact) mass is 482 g/mol. The van der Waals surface area contributed by atoms with E-state index in [0.717, 1.165) is 6.07 Å². The maximum absolute atomic E-state index is 14.6. The van der Waals surface area contributed by atoms with Gasteiger partial charge in [0, 0.05) is 17.6 Å². The Kier molecular flexibility index (Phi) is 5.51. The van der Waals surface area contributed by atoms with E-state index >= 15 is 0 Å². The third-order valence-corrected chi connectivity index (χ3v) is 6.85. The number of carboxylic acid groups (broad SMARTS) is 1. The summed E-state index contributed by atoms with van der Waals surface area (Å²) in [4.78, 5) is 26.0. The highest BCUT2D eigenvalue weighted by atomic mass is 35.5. The lowest BCUT2D eigenvalue weighted by Gasteiger charge is -2.37. The number of carbonyl (C=O) groups is 2. The topological polar surface area (TPSA) is 78.4 Å². The fraction of sp³-hybridized carbons (Fsp3) is 0.391. The summed E-state index contributed by atoms with van der Waals surface area (Å²) in [7, 11) is 0. The molecule has 2 heterocycles. The molecule has 2 aliphatic heterocycles. The number of rotatable bonds is 3. The van der Waals surface area contributed by atoms with Gasteiger partial charge in [-0.05, 0) is 47.2 Å². The van der Waals surface area contributed by atoms with Crippen molar-refractivity contribution in [3.05, 3.63) is 63.1 Å². The molecule has 2 aromatic rings. The molecule has 5 nitrogen and oxygen atoms in total. The van der Waals surface area contributed by atoms with E-state index in [-0.39, 0.29) is 15.5 Å². The first-order valence-electron chi connectivity index (χ1n) is 10.1. The third-order valence-electron chi connectivity index (χ3n) is 6.27. The maximum Gasteiger partial charge on any atom is 0.321 e. The van der Waals surface area contributed by atoms with Crippen LogP contribution in [0.3, 0.4) is 0 Å². The summed E-state index contributed by atoms with van der Waals surface area (Å²) in [6.45, 7) is 5.91. The van der Waals surface area contributed by atoms with Crippen LogP contribution < -0.4 is 10.6 Å². The third kappa shape index (κ3) is 3.47. The van der Waals surface area contributed by atoms with Crippen molar-refractivity contribution in [2.75, 3.05) is 5.32 Å². The quantitative estimate of drug-likeness (QED) is 0.568. The van der Waals surface area contributed by atoms with Crippen LogP contribution in [0.2, 0.25) is 10.0 Å². The van der Waals surface area contributed by atoms with Crippen molar-refractivity contribution in [3.8, 4) is 0 Å². The SMILES string of the molecule is CC(C)(C)CC1NC(C(=O)O)C(c2ccc(F)c(Cl)c2)C12C(=O)Nc1cc(Cl)c(F)cc12. The first-order chi connectivity index (χ1) is 14.9. The highest BCUT2D eigenvalue weighted by Crippen LogP contribution is 2.57. The number of carbonyl (C=O) groups excluding carboxylic acids is 1. The zero-order valence-corrected chi connectivity index (χ0v) is 19.1. The molecule has 9 heteroatoms. The Hall–Kier alpha value is -2.22. The first kappa shape index (κ1) is 23.0. The minimum atomic E-state index is -1.47. The maximum atomic E-state index is 14.6. The van der Waals surface area contributed by atoms with Crippen LogP contribution in [0, 0.1) is 17.0 Å². The number of amides is 1. The van der Waals surface area contributed by atoms with Gasteiger partial charge in [-0.25, -0.2) is 8.78 Å². The van der Waals surface area contributed by atoms with Crippen LogP contribution in [-0.2, 0) is 15.0 Å². The second-order valence-electron chi connectivity index (χ2n) is 9.59. The van der Waals surface area contributed by atoms with Crippen molar-refractivity contribution in [2.45, 2.75) is 50.6 Å². The van der Waals surface area contributed by atoms with E-state index in [1.807, 2.05) is 20.8 Å². The number of benzene rings is 2. The zero-order chi connectivity index (χ0) is 23.6. The number of aliphatic carboxylic acids is 1. The van der Waals surface area contributed by atoms with Gasteiger partial charge in [0.05, 0.1) is 10.0 Å². The van der Waals surface area contributed by atoms with Crippen molar-refractivity contribution in [3.63, 3.8) is 0 Å². The fourth-order valence-corrected chi connectivity index (χ4v) is 5.48. The summed E-state index contributed by atoms with van der Waals surface area (Å²) in [6.07, 6.45) is 0.416. The number of nitrogens with one attached hydrogen (secondary N) is 2. The molecular formula is C23H22Cl2F2N2O3. The first-order valence-corrected chi connectivity index (χ1v) is 10.9. The molecule has 1 saturated heterocycles. The number of halogens is 4. The van der Waals surface area contributed by atoms with Gasteiger partial charge in [0.15, 0.2) is 0 Å². The molecule has 4 rings (SSSR count). The van der Waals surface area contributed by atoms with Gasteiger partial charge in [-0.3, -0.25) is 14.9 Å². The highest BCUT2D eigenvalue weighted by Gasteiger charge is 2.66. The smallest absolute Gasteiger partial charge is 0.321 e. The van der Waals surface area contributed by atoms with Crippen molar-refractivity contribution < 1.29 is 23.5 Å². The van der Waals surface area contributed by atoms with Crippen molar-refractivity contribution >= 4 is 40.8 Å². The molecule has 0 radical (unpaired) electrons. The summed E-state index contributed by atoms with van der Waals surface area (Å²) < 4.78 is 28.5. The molecule has 0 aromatic heterocycles. The summed E-state index contributed by atoms with van der Waals surface area (Å²) in [5.74, 6) is -4.01. The van der Waals surface area contributed by atoms with E-state index in [4.69, 9.17) is 23.2 Å². The predicted octanol–water partition coefficient (Wildman–Crippen LogP) is 5.11. The molecule has 4 atom stereocenters. The van der Waals surface area contributed by atoms with Gasteiger partial charge in [-0.15, -0.1) is 0 Å². The molecule has 2 aliphatic rings. The lowest BCUT2D eigenvalue weighted by molar-refractivity contribution is -0.139. The minimum Gasteiger partial charge on any atom is -0.480 e. The van der Waals surface area contributed by atoms with E-state index in [1.54, 1.807) is 0 Å². The molecule has 0 bridgehead atoms. The number of hydrogen-bond acceptors (Lipinski definition) is 3. The molecule has 1 amide bonds. The van der Waals surface area contributed by atoms with Crippen LogP contribution in [0.15, 0.2) is 30.3 Å². The van der Waals surface area contributed by atoms with Gasteiger partial charge in [-0.1, -0.05) is 50.0 Å². The Morgan fingerprint density at radius 1 is 1.12 bits per heavy atom. The standard InChI is InChI=1S/C23H22Cl2F2N2O3/c1-22(2,3)9-17-23(11-7-15(27)13(25)8-16(11)28-21(23)32)18(19(29-17)20(30)31)10-4-5-14(26)12(24)6-10/h4-8,17-19,29H,9H2,1-3H3,(H,28,32)(H,30,31). The molecule has 4 unspecified atom stereocenters. The number of fused-ring (bicyclic) bond motifs is 2. The molecule has 32 heavy (non-hydrogen) atoms. The van der Waals surface area contributed by atoms with Crippen LogP contribution in [0.5, 0.6) is 0 Å². The lowest BCUT2D eigenvalue weighted by Crippen LogP contribution is -2.49. The van der Waals surface area contributed by atoms with Gasteiger partial charge in [0.1, 0.15) is 23.1 Å². The average molecular weight is 483 g/mol. The minimum absolute atomic E-state index is 0.157. The van der Waals surface area contributed by atoms with Crippen LogP contribution in [0.25, 0.3) is 0 Å². The Bertz CT molecular complexity index is 1130. The molecule has 1 spiro atoms. The van der Waals surface area contributed by atoms with E-state index in [0.29, 0.717) is 23.2 Å². The highest BCUT2D eigenvalue weighted by molar-refractivity contribution is 6.31. The van der Waals surface area contributed by atoms with Gasteiger partial charge in [0.2, 0.25) is 5.91 Å². The number of anilines is 1. The van der Waals surface area contributed by atoms with E-state index in [1.165, 1.54) is 24.3 Å². The molecule has 170 valence electrons. The molecular weight excluding hydrogens is 461 g/mol. The summed E-state index contributed by atoms with van der Waals surface area (Å²) in [5.41, 5.74) is -0.757. The van der Waals surface area contributed by atoms with E-state index in [9.17, 15) is 23.5 Å². The van der Waals surface area contributed by atoms with E-state index in [2.05, 4.69) is 10.6 Å². The Morgan fingerprint density at radius 3 is 2.38 bits per heavy atom. The normalized spacial score (nSPS) is 27.0. The number of carboxylic acids is 1. The molecule has 3 N–H and O–H groups in total. The van der Waals surface area contributed by atoms with Gasteiger partial charge in [0.25, 0.3) is 0 Å². The lowest BCUT2D eigenvalue weighted by atomic mass is 9.62. The molecule has 0 saturated carbocycles. The van der Waals surface area contributed by atoms with Crippen molar-refractivity contribution in [1.29, 1.82) is 0 Å². The average Bonchev–Trinajstić information content (AvgIpc) is 3.14. The Balaban J connectivity index is 2.03. The van der Waals surface area contributed by atoms with Crippen LogP contribution in [0.1, 0.15) is 44.2 Å². The summed E-state index contributed by atoms with van der Waals surface area (Å²) in [5, 5.41) is 15.6.